The van der Waals surface area contributed by atoms with Crippen molar-refractivity contribution in [3.8, 4) is 0 Å². The van der Waals surface area contributed by atoms with Crippen LogP contribution in [0.15, 0.2) is 0 Å². The molecule has 5 heteroatoms. The van der Waals surface area contributed by atoms with E-state index in [9.17, 15) is 13.6 Å². The predicted octanol–water partition coefficient (Wildman–Crippen LogP) is 0.937. The molecule has 1 N–H and O–H groups in total. The minimum atomic E-state index is -3.37. The molecule has 0 bridgehead atoms. The largest absolute Gasteiger partial charge is 0.458 e. The molecule has 0 aromatic carbocycles. The van der Waals surface area contributed by atoms with Crippen molar-refractivity contribution in [2.75, 3.05) is 13.1 Å². The summed E-state index contributed by atoms with van der Waals surface area (Å²) in [5.41, 5.74) is 0. The smallest absolute Gasteiger partial charge is 0.376 e. The molecule has 3 nitrogen and oxygen atoms in total. The van der Waals surface area contributed by atoms with Crippen LogP contribution in [0.5, 0.6) is 0 Å². The molecule has 0 aromatic rings. The Morgan fingerprint density at radius 1 is 1.46 bits per heavy atom. The van der Waals surface area contributed by atoms with Crippen LogP contribution in [0.2, 0.25) is 0 Å². The van der Waals surface area contributed by atoms with Crippen LogP contribution in [-0.4, -0.2) is 31.1 Å². The lowest BCUT2D eigenvalue weighted by Gasteiger charge is -2.23. The normalized spacial score (nSPS) is 19.9. The number of esters is 1. The van der Waals surface area contributed by atoms with Crippen LogP contribution in [0.25, 0.3) is 0 Å². The highest BCUT2D eigenvalue weighted by Crippen LogP contribution is 2.17. The molecular weight excluding hydrogens is 180 g/mol. The Hall–Kier alpha value is -0.710. The van der Waals surface area contributed by atoms with Crippen molar-refractivity contribution in [1.82, 2.24) is 5.32 Å². The Balaban J connectivity index is 2.35. The molecule has 1 fully saturated rings. The highest BCUT2D eigenvalue weighted by molar-refractivity contribution is 5.77. The van der Waals surface area contributed by atoms with Gasteiger partial charge in [0.2, 0.25) is 0 Å². The molecular formula is C8H13F2NO2. The molecule has 0 atom stereocenters. The number of alkyl halides is 2. The fraction of sp³-hybridized carbons (Fsp3) is 0.875. The molecule has 1 heterocycles. The Morgan fingerprint density at radius 2 is 2.00 bits per heavy atom. The van der Waals surface area contributed by atoms with Crippen LogP contribution in [0, 0.1) is 0 Å². The zero-order valence-electron chi connectivity index (χ0n) is 7.48. The Morgan fingerprint density at radius 3 is 2.46 bits per heavy atom. The number of hydrogen-bond donors (Lipinski definition) is 1. The van der Waals surface area contributed by atoms with Gasteiger partial charge in [0.1, 0.15) is 6.10 Å². The van der Waals surface area contributed by atoms with Crippen LogP contribution in [0.3, 0.4) is 0 Å². The summed E-state index contributed by atoms with van der Waals surface area (Å²) in [5, 5.41) is 3.05. The van der Waals surface area contributed by atoms with Gasteiger partial charge in [-0.2, -0.15) is 8.78 Å². The SMILES string of the molecule is CC(F)(F)C(=O)OC1CCNCC1. The lowest BCUT2D eigenvalue weighted by Crippen LogP contribution is -2.37. The second kappa shape index (κ2) is 4.00. The summed E-state index contributed by atoms with van der Waals surface area (Å²) >= 11 is 0. The fourth-order valence-electron chi connectivity index (χ4n) is 1.17. The van der Waals surface area contributed by atoms with Gasteiger partial charge < -0.3 is 10.1 Å². The Kier molecular flexibility index (Phi) is 3.19. The molecule has 0 amide bonds. The lowest BCUT2D eigenvalue weighted by atomic mass is 10.1. The third-order valence-electron chi connectivity index (χ3n) is 1.92. The average Bonchev–Trinajstić information content (AvgIpc) is 2.04. The maximum Gasteiger partial charge on any atom is 0.376 e. The van der Waals surface area contributed by atoms with Crippen LogP contribution >= 0.6 is 0 Å². The molecule has 0 spiro atoms. The maximum absolute atomic E-state index is 12.4. The quantitative estimate of drug-likeness (QED) is 0.663. The molecule has 1 aliphatic rings. The van der Waals surface area contributed by atoms with Gasteiger partial charge in [-0.15, -0.1) is 0 Å². The summed E-state index contributed by atoms with van der Waals surface area (Å²) in [4.78, 5) is 10.7. The highest BCUT2D eigenvalue weighted by atomic mass is 19.3. The van der Waals surface area contributed by atoms with E-state index in [-0.39, 0.29) is 6.10 Å². The van der Waals surface area contributed by atoms with Crippen LogP contribution < -0.4 is 5.32 Å². The van der Waals surface area contributed by atoms with E-state index in [1.54, 1.807) is 0 Å². The molecule has 1 rings (SSSR count). The van der Waals surface area contributed by atoms with E-state index in [0.717, 1.165) is 0 Å². The van der Waals surface area contributed by atoms with Gasteiger partial charge in [-0.1, -0.05) is 0 Å². The first-order valence-corrected chi connectivity index (χ1v) is 4.30. The molecule has 13 heavy (non-hydrogen) atoms. The van der Waals surface area contributed by atoms with Crippen molar-refractivity contribution in [3.05, 3.63) is 0 Å². The Bertz CT molecular complexity index is 185. The molecule has 0 saturated carbocycles. The van der Waals surface area contributed by atoms with Gasteiger partial charge in [0, 0.05) is 6.92 Å². The number of rotatable bonds is 2. The van der Waals surface area contributed by atoms with Crippen molar-refractivity contribution < 1.29 is 18.3 Å². The summed E-state index contributed by atoms with van der Waals surface area (Å²) in [6, 6.07) is 0. The molecule has 0 aromatic heterocycles. The van der Waals surface area contributed by atoms with Crippen molar-refractivity contribution >= 4 is 5.97 Å². The molecule has 0 unspecified atom stereocenters. The summed E-state index contributed by atoms with van der Waals surface area (Å²) in [6.07, 6.45) is 0.878. The standard InChI is InChI=1S/C8H13F2NO2/c1-8(9,10)7(12)13-6-2-4-11-5-3-6/h6,11H,2-5H2,1H3. The molecule has 0 aliphatic carbocycles. The molecule has 0 radical (unpaired) electrons. The number of carbonyl (C=O) groups is 1. The topological polar surface area (TPSA) is 38.3 Å². The zero-order valence-corrected chi connectivity index (χ0v) is 7.48. The minimum Gasteiger partial charge on any atom is -0.458 e. The molecule has 1 saturated heterocycles. The van der Waals surface area contributed by atoms with Crippen LogP contribution in [-0.2, 0) is 9.53 Å². The van der Waals surface area contributed by atoms with E-state index in [1.165, 1.54) is 0 Å². The number of nitrogens with one attached hydrogen (secondary N) is 1. The van der Waals surface area contributed by atoms with Crippen molar-refractivity contribution in [1.29, 1.82) is 0 Å². The van der Waals surface area contributed by atoms with E-state index in [2.05, 4.69) is 10.1 Å². The first-order chi connectivity index (χ1) is 6.00. The third-order valence-corrected chi connectivity index (χ3v) is 1.92. The zero-order chi connectivity index (χ0) is 9.90. The third kappa shape index (κ3) is 3.26. The van der Waals surface area contributed by atoms with Gasteiger partial charge in [0.05, 0.1) is 0 Å². The van der Waals surface area contributed by atoms with Gasteiger partial charge in [-0.05, 0) is 25.9 Å². The van der Waals surface area contributed by atoms with E-state index in [1.807, 2.05) is 0 Å². The number of piperidine rings is 1. The highest BCUT2D eigenvalue weighted by Gasteiger charge is 2.36. The first kappa shape index (κ1) is 10.4. The van der Waals surface area contributed by atoms with Gasteiger partial charge in [0.25, 0.3) is 0 Å². The molecule has 1 aliphatic heterocycles. The van der Waals surface area contributed by atoms with Crippen molar-refractivity contribution in [2.24, 2.45) is 0 Å². The van der Waals surface area contributed by atoms with E-state index in [0.29, 0.717) is 32.9 Å². The summed E-state index contributed by atoms with van der Waals surface area (Å²) in [6.45, 7) is 1.98. The minimum absolute atomic E-state index is 0.348. The number of hydrogen-bond acceptors (Lipinski definition) is 3. The average molecular weight is 193 g/mol. The monoisotopic (exact) mass is 193 g/mol. The second-order valence-electron chi connectivity index (χ2n) is 3.24. The van der Waals surface area contributed by atoms with Crippen molar-refractivity contribution in [3.63, 3.8) is 0 Å². The van der Waals surface area contributed by atoms with Crippen molar-refractivity contribution in [2.45, 2.75) is 31.8 Å². The van der Waals surface area contributed by atoms with Gasteiger partial charge >= 0.3 is 11.9 Å². The number of carbonyl (C=O) groups excluding carboxylic acids is 1. The number of ether oxygens (including phenoxy) is 1. The molecule has 76 valence electrons. The van der Waals surface area contributed by atoms with Gasteiger partial charge in [-0.3, -0.25) is 0 Å². The van der Waals surface area contributed by atoms with Crippen LogP contribution in [0.1, 0.15) is 19.8 Å². The van der Waals surface area contributed by atoms with E-state index >= 15 is 0 Å². The van der Waals surface area contributed by atoms with Gasteiger partial charge in [0.15, 0.2) is 0 Å². The summed E-state index contributed by atoms with van der Waals surface area (Å²) in [5.74, 6) is -4.79. The second-order valence-corrected chi connectivity index (χ2v) is 3.24. The fourth-order valence-corrected chi connectivity index (χ4v) is 1.17. The lowest BCUT2D eigenvalue weighted by molar-refractivity contribution is -0.176. The summed E-state index contributed by atoms with van der Waals surface area (Å²) < 4.78 is 29.4. The van der Waals surface area contributed by atoms with E-state index < -0.39 is 11.9 Å². The predicted molar refractivity (Wildman–Crippen MR) is 42.6 cm³/mol. The summed E-state index contributed by atoms with van der Waals surface area (Å²) in [7, 11) is 0. The number of halogens is 2. The van der Waals surface area contributed by atoms with Crippen LogP contribution in [0.4, 0.5) is 8.78 Å². The Labute approximate surface area is 75.4 Å². The first-order valence-electron chi connectivity index (χ1n) is 4.30. The van der Waals surface area contributed by atoms with Gasteiger partial charge in [-0.25, -0.2) is 4.79 Å². The van der Waals surface area contributed by atoms with E-state index in [4.69, 9.17) is 0 Å². The maximum atomic E-state index is 12.4.